The number of ether oxygens (including phenoxy) is 1. The van der Waals surface area contributed by atoms with Crippen LogP contribution in [0.25, 0.3) is 0 Å². The van der Waals surface area contributed by atoms with Crippen LogP contribution in [-0.2, 0) is 4.74 Å². The van der Waals surface area contributed by atoms with E-state index in [1.54, 1.807) is 0 Å². The fourth-order valence-electron chi connectivity index (χ4n) is 2.95. The SMILES string of the molecule is CCOC1CCN(CC2(CBr)CCC2)CC1. The van der Waals surface area contributed by atoms with E-state index >= 15 is 0 Å². The van der Waals surface area contributed by atoms with Crippen LogP contribution >= 0.6 is 15.9 Å². The molecule has 0 atom stereocenters. The van der Waals surface area contributed by atoms with Gasteiger partial charge in [-0.3, -0.25) is 0 Å². The molecule has 0 spiro atoms. The molecule has 0 radical (unpaired) electrons. The molecule has 1 aliphatic carbocycles. The van der Waals surface area contributed by atoms with Crippen LogP contribution in [0.4, 0.5) is 0 Å². The Labute approximate surface area is 108 Å². The van der Waals surface area contributed by atoms with Crippen molar-refractivity contribution >= 4 is 15.9 Å². The maximum Gasteiger partial charge on any atom is 0.0599 e. The minimum absolute atomic E-state index is 0.530. The highest BCUT2D eigenvalue weighted by Crippen LogP contribution is 2.43. The summed E-state index contributed by atoms with van der Waals surface area (Å²) < 4.78 is 5.69. The summed E-state index contributed by atoms with van der Waals surface area (Å²) in [5.41, 5.74) is 0.610. The minimum Gasteiger partial charge on any atom is -0.378 e. The van der Waals surface area contributed by atoms with Crippen LogP contribution in [0.3, 0.4) is 0 Å². The van der Waals surface area contributed by atoms with Crippen molar-refractivity contribution in [3.8, 4) is 0 Å². The Kier molecular flexibility index (Phi) is 4.68. The number of halogens is 1. The highest BCUT2D eigenvalue weighted by molar-refractivity contribution is 9.09. The third-order valence-corrected chi connectivity index (χ3v) is 5.38. The van der Waals surface area contributed by atoms with Crippen molar-refractivity contribution in [1.82, 2.24) is 4.90 Å². The Morgan fingerprint density at radius 2 is 2.00 bits per heavy atom. The fraction of sp³-hybridized carbons (Fsp3) is 1.00. The van der Waals surface area contributed by atoms with Gasteiger partial charge in [-0.1, -0.05) is 22.4 Å². The first-order valence-corrected chi connectivity index (χ1v) is 7.80. The van der Waals surface area contributed by atoms with Gasteiger partial charge in [-0.25, -0.2) is 0 Å². The van der Waals surface area contributed by atoms with Gasteiger partial charge in [0.05, 0.1) is 6.10 Å². The predicted molar refractivity (Wildman–Crippen MR) is 71.2 cm³/mol. The number of hydrogen-bond donors (Lipinski definition) is 0. The summed E-state index contributed by atoms with van der Waals surface area (Å²) in [6.45, 7) is 6.74. The molecule has 0 amide bonds. The maximum atomic E-state index is 5.69. The Balaban J connectivity index is 1.72. The monoisotopic (exact) mass is 289 g/mol. The Morgan fingerprint density at radius 1 is 1.31 bits per heavy atom. The quantitative estimate of drug-likeness (QED) is 0.722. The average Bonchev–Trinajstić information content (AvgIpc) is 2.26. The zero-order chi connectivity index (χ0) is 11.4. The first-order valence-electron chi connectivity index (χ1n) is 6.68. The summed E-state index contributed by atoms with van der Waals surface area (Å²) in [7, 11) is 0. The van der Waals surface area contributed by atoms with Gasteiger partial charge in [0, 0.05) is 31.6 Å². The first kappa shape index (κ1) is 12.8. The van der Waals surface area contributed by atoms with E-state index in [1.165, 1.54) is 57.1 Å². The predicted octanol–water partition coefficient (Wildman–Crippen LogP) is 3.05. The molecule has 1 saturated carbocycles. The van der Waals surface area contributed by atoms with Crippen LogP contribution in [0, 0.1) is 5.41 Å². The zero-order valence-electron chi connectivity index (χ0n) is 10.4. The van der Waals surface area contributed by atoms with Crippen molar-refractivity contribution in [2.75, 3.05) is 31.6 Å². The van der Waals surface area contributed by atoms with Gasteiger partial charge in [-0.05, 0) is 38.0 Å². The number of likely N-dealkylation sites (tertiary alicyclic amines) is 1. The van der Waals surface area contributed by atoms with Gasteiger partial charge in [0.1, 0.15) is 0 Å². The molecular formula is C13H24BrNO. The number of piperidine rings is 1. The summed E-state index contributed by atoms with van der Waals surface area (Å²) in [5.74, 6) is 0. The minimum atomic E-state index is 0.530. The van der Waals surface area contributed by atoms with Gasteiger partial charge in [0.25, 0.3) is 0 Å². The van der Waals surface area contributed by atoms with E-state index in [9.17, 15) is 0 Å². The van der Waals surface area contributed by atoms with E-state index in [2.05, 4.69) is 27.8 Å². The van der Waals surface area contributed by atoms with Crippen LogP contribution in [0.2, 0.25) is 0 Å². The molecule has 3 heteroatoms. The molecule has 0 N–H and O–H groups in total. The largest absolute Gasteiger partial charge is 0.378 e. The average molecular weight is 290 g/mol. The van der Waals surface area contributed by atoms with Gasteiger partial charge in [0.15, 0.2) is 0 Å². The van der Waals surface area contributed by atoms with Gasteiger partial charge >= 0.3 is 0 Å². The lowest BCUT2D eigenvalue weighted by atomic mass is 9.70. The molecule has 16 heavy (non-hydrogen) atoms. The van der Waals surface area contributed by atoms with Crippen molar-refractivity contribution in [1.29, 1.82) is 0 Å². The lowest BCUT2D eigenvalue weighted by Gasteiger charge is -2.45. The molecule has 2 aliphatic rings. The highest BCUT2D eigenvalue weighted by Gasteiger charge is 2.38. The number of rotatable bonds is 5. The molecule has 1 heterocycles. The molecule has 0 aromatic heterocycles. The van der Waals surface area contributed by atoms with E-state index in [0.29, 0.717) is 11.5 Å². The van der Waals surface area contributed by atoms with E-state index in [4.69, 9.17) is 4.74 Å². The Bertz CT molecular complexity index is 204. The van der Waals surface area contributed by atoms with Gasteiger partial charge < -0.3 is 9.64 Å². The molecule has 0 bridgehead atoms. The second kappa shape index (κ2) is 5.83. The smallest absolute Gasteiger partial charge is 0.0599 e. The molecule has 1 saturated heterocycles. The van der Waals surface area contributed by atoms with E-state index in [0.717, 1.165) is 6.61 Å². The second-order valence-electron chi connectivity index (χ2n) is 5.42. The summed E-state index contributed by atoms with van der Waals surface area (Å²) in [5, 5.41) is 1.19. The summed E-state index contributed by atoms with van der Waals surface area (Å²) in [6, 6.07) is 0. The van der Waals surface area contributed by atoms with Crippen LogP contribution in [-0.4, -0.2) is 42.6 Å². The van der Waals surface area contributed by atoms with Gasteiger partial charge in [-0.2, -0.15) is 0 Å². The summed E-state index contributed by atoms with van der Waals surface area (Å²) in [4.78, 5) is 2.65. The number of alkyl halides is 1. The van der Waals surface area contributed by atoms with Crippen molar-refractivity contribution in [3.05, 3.63) is 0 Å². The molecule has 2 fully saturated rings. The van der Waals surface area contributed by atoms with Crippen molar-refractivity contribution in [2.24, 2.45) is 5.41 Å². The lowest BCUT2D eigenvalue weighted by Crippen LogP contribution is -2.47. The van der Waals surface area contributed by atoms with Gasteiger partial charge in [0.2, 0.25) is 0 Å². The molecule has 0 aromatic carbocycles. The molecule has 2 nitrogen and oxygen atoms in total. The molecule has 1 aliphatic heterocycles. The number of hydrogen-bond acceptors (Lipinski definition) is 2. The summed E-state index contributed by atoms with van der Waals surface area (Å²) in [6.07, 6.45) is 7.26. The Hall–Kier alpha value is 0.400. The molecule has 0 aromatic rings. The lowest BCUT2D eigenvalue weighted by molar-refractivity contribution is -0.00307. The molecule has 0 unspecified atom stereocenters. The van der Waals surface area contributed by atoms with E-state index in [1.807, 2.05) is 0 Å². The normalized spacial score (nSPS) is 26.6. The van der Waals surface area contributed by atoms with Crippen molar-refractivity contribution < 1.29 is 4.74 Å². The Morgan fingerprint density at radius 3 is 2.44 bits per heavy atom. The summed E-state index contributed by atoms with van der Waals surface area (Å²) >= 11 is 3.70. The number of nitrogens with zero attached hydrogens (tertiary/aromatic N) is 1. The van der Waals surface area contributed by atoms with Crippen LogP contribution in [0.5, 0.6) is 0 Å². The highest BCUT2D eigenvalue weighted by atomic mass is 79.9. The standard InChI is InChI=1S/C13H24BrNO/c1-2-16-12-4-8-15(9-5-12)11-13(10-14)6-3-7-13/h12H,2-11H2,1H3. The zero-order valence-corrected chi connectivity index (χ0v) is 12.0. The van der Waals surface area contributed by atoms with Crippen LogP contribution in [0.1, 0.15) is 39.0 Å². The third-order valence-electron chi connectivity index (χ3n) is 4.19. The second-order valence-corrected chi connectivity index (χ2v) is 5.98. The third kappa shape index (κ3) is 2.99. The van der Waals surface area contributed by atoms with Crippen LogP contribution in [0.15, 0.2) is 0 Å². The molecular weight excluding hydrogens is 266 g/mol. The first-order chi connectivity index (χ1) is 7.78. The van der Waals surface area contributed by atoms with Crippen molar-refractivity contribution in [2.45, 2.75) is 45.1 Å². The fourth-order valence-corrected chi connectivity index (χ4v) is 3.69. The van der Waals surface area contributed by atoms with Gasteiger partial charge in [-0.15, -0.1) is 0 Å². The van der Waals surface area contributed by atoms with Crippen LogP contribution < -0.4 is 0 Å². The van der Waals surface area contributed by atoms with E-state index < -0.39 is 0 Å². The van der Waals surface area contributed by atoms with Crippen molar-refractivity contribution in [3.63, 3.8) is 0 Å². The molecule has 2 rings (SSSR count). The molecule has 94 valence electrons. The topological polar surface area (TPSA) is 12.5 Å². The van der Waals surface area contributed by atoms with E-state index in [-0.39, 0.29) is 0 Å². The maximum absolute atomic E-state index is 5.69.